The molecule has 0 saturated heterocycles. The maximum absolute atomic E-state index is 11.9. The summed E-state index contributed by atoms with van der Waals surface area (Å²) in [5, 5.41) is 15.0. The number of carboxylic acid groups (broad SMARTS) is 1. The zero-order chi connectivity index (χ0) is 17.0. The third-order valence-corrected chi connectivity index (χ3v) is 3.63. The molecule has 2 atom stereocenters. The largest absolute Gasteiger partial charge is 0.475 e. The number of aromatic carboxylic acids is 1. The molecule has 1 aromatic heterocycles. The number of furan rings is 1. The summed E-state index contributed by atoms with van der Waals surface area (Å²) in [7, 11) is 0. The van der Waals surface area contributed by atoms with Gasteiger partial charge < -0.3 is 24.9 Å². The third kappa shape index (κ3) is 5.28. The highest BCUT2D eigenvalue weighted by Gasteiger charge is 2.30. The highest BCUT2D eigenvalue weighted by molar-refractivity contribution is 5.84. The predicted molar refractivity (Wildman–Crippen MR) is 83.3 cm³/mol. The molecule has 0 bridgehead atoms. The predicted octanol–water partition coefficient (Wildman–Crippen LogP) is 2.51. The molecule has 2 rings (SSSR count). The number of carbonyl (C=O) groups excluding carboxylic acids is 1. The quantitative estimate of drug-likeness (QED) is 0.769. The van der Waals surface area contributed by atoms with Gasteiger partial charge in [0.15, 0.2) is 0 Å². The van der Waals surface area contributed by atoms with E-state index in [2.05, 4.69) is 10.6 Å². The normalized spacial score (nSPS) is 21.2. The zero-order valence-corrected chi connectivity index (χ0v) is 13.7. The van der Waals surface area contributed by atoms with Crippen LogP contribution in [0.1, 0.15) is 56.3 Å². The van der Waals surface area contributed by atoms with E-state index in [0.717, 1.165) is 19.3 Å². The maximum Gasteiger partial charge on any atom is 0.407 e. The number of rotatable bonds is 5. The molecule has 1 aromatic rings. The van der Waals surface area contributed by atoms with Crippen LogP contribution in [0, 0.1) is 0 Å². The van der Waals surface area contributed by atoms with Crippen molar-refractivity contribution in [1.29, 1.82) is 0 Å². The molecule has 7 heteroatoms. The fourth-order valence-electron chi connectivity index (χ4n) is 2.66. The highest BCUT2D eigenvalue weighted by Crippen LogP contribution is 2.20. The van der Waals surface area contributed by atoms with Gasteiger partial charge in [0.2, 0.25) is 5.76 Å². The summed E-state index contributed by atoms with van der Waals surface area (Å²) in [6.45, 7) is 5.90. The molecule has 1 aliphatic carbocycles. The van der Waals surface area contributed by atoms with Crippen LogP contribution in [0.2, 0.25) is 0 Å². The number of carboxylic acids is 1. The monoisotopic (exact) mass is 324 g/mol. The molecule has 0 spiro atoms. The third-order valence-electron chi connectivity index (χ3n) is 3.63. The zero-order valence-electron chi connectivity index (χ0n) is 13.7. The van der Waals surface area contributed by atoms with Crippen LogP contribution in [-0.4, -0.2) is 34.9 Å². The molecular formula is C16H24N2O5. The first-order valence-corrected chi connectivity index (χ1v) is 7.79. The Kier molecular flexibility index (Phi) is 5.30. The van der Waals surface area contributed by atoms with Crippen molar-refractivity contribution >= 4 is 12.1 Å². The molecular weight excluding hydrogens is 300 g/mol. The van der Waals surface area contributed by atoms with Gasteiger partial charge in [-0.25, -0.2) is 9.59 Å². The molecule has 1 heterocycles. The molecule has 0 radical (unpaired) electrons. The molecule has 23 heavy (non-hydrogen) atoms. The Morgan fingerprint density at radius 3 is 2.61 bits per heavy atom. The van der Waals surface area contributed by atoms with E-state index >= 15 is 0 Å². The average molecular weight is 324 g/mol. The van der Waals surface area contributed by atoms with E-state index in [-0.39, 0.29) is 17.8 Å². The molecule has 1 fully saturated rings. The molecule has 0 aliphatic heterocycles. The van der Waals surface area contributed by atoms with Crippen LogP contribution >= 0.6 is 0 Å². The van der Waals surface area contributed by atoms with Crippen molar-refractivity contribution in [2.75, 3.05) is 0 Å². The lowest BCUT2D eigenvalue weighted by Gasteiger charge is -2.25. The first kappa shape index (κ1) is 17.3. The number of alkyl carbamates (subject to hydrolysis) is 1. The minimum absolute atomic E-state index is 0.00115. The van der Waals surface area contributed by atoms with Gasteiger partial charge in [0.1, 0.15) is 11.4 Å². The molecule has 1 saturated carbocycles. The Balaban J connectivity index is 1.84. The van der Waals surface area contributed by atoms with Crippen LogP contribution in [0.5, 0.6) is 0 Å². The fraction of sp³-hybridized carbons (Fsp3) is 0.625. The van der Waals surface area contributed by atoms with Crippen molar-refractivity contribution in [3.05, 3.63) is 23.7 Å². The van der Waals surface area contributed by atoms with Crippen molar-refractivity contribution in [2.24, 2.45) is 0 Å². The van der Waals surface area contributed by atoms with Gasteiger partial charge in [-0.1, -0.05) is 0 Å². The second-order valence-corrected chi connectivity index (χ2v) is 6.74. The topological polar surface area (TPSA) is 101 Å². The van der Waals surface area contributed by atoms with E-state index in [1.807, 2.05) is 20.8 Å². The van der Waals surface area contributed by atoms with Gasteiger partial charge in [0, 0.05) is 12.1 Å². The summed E-state index contributed by atoms with van der Waals surface area (Å²) in [6.07, 6.45) is 2.42. The first-order valence-electron chi connectivity index (χ1n) is 7.79. The number of nitrogens with one attached hydrogen (secondary N) is 2. The van der Waals surface area contributed by atoms with E-state index < -0.39 is 17.7 Å². The first-order chi connectivity index (χ1) is 10.7. The lowest BCUT2D eigenvalue weighted by atomic mass is 10.1. The minimum Gasteiger partial charge on any atom is -0.475 e. The second kappa shape index (κ2) is 7.04. The molecule has 2 unspecified atom stereocenters. The molecule has 1 aliphatic rings. The van der Waals surface area contributed by atoms with Gasteiger partial charge in [-0.3, -0.25) is 0 Å². The standard InChI is InChI=1S/C16H24N2O5/c1-16(2,3)23-15(21)18-12-6-4-5-11(12)17-9-10-7-8-13(22-10)14(19)20/h7-8,11-12,17H,4-6,9H2,1-3H3,(H,18,21)(H,19,20). The molecule has 1 amide bonds. The van der Waals surface area contributed by atoms with Crippen molar-refractivity contribution in [3.8, 4) is 0 Å². The lowest BCUT2D eigenvalue weighted by molar-refractivity contribution is 0.0496. The Morgan fingerprint density at radius 2 is 2.00 bits per heavy atom. The minimum atomic E-state index is -1.08. The fourth-order valence-corrected chi connectivity index (χ4v) is 2.66. The number of ether oxygens (including phenoxy) is 1. The Morgan fingerprint density at radius 1 is 1.30 bits per heavy atom. The molecule has 3 N–H and O–H groups in total. The van der Waals surface area contributed by atoms with Crippen molar-refractivity contribution in [2.45, 2.75) is 64.3 Å². The summed E-state index contributed by atoms with van der Waals surface area (Å²) in [5.74, 6) is -0.594. The van der Waals surface area contributed by atoms with Crippen LogP contribution in [0.15, 0.2) is 16.5 Å². The van der Waals surface area contributed by atoms with Gasteiger partial charge in [-0.05, 0) is 52.2 Å². The van der Waals surface area contributed by atoms with Crippen LogP contribution in [0.3, 0.4) is 0 Å². The second-order valence-electron chi connectivity index (χ2n) is 6.74. The Hall–Kier alpha value is -2.02. The number of hydrogen-bond donors (Lipinski definition) is 3. The van der Waals surface area contributed by atoms with E-state index in [1.54, 1.807) is 6.07 Å². The van der Waals surface area contributed by atoms with Gasteiger partial charge >= 0.3 is 12.1 Å². The van der Waals surface area contributed by atoms with Gasteiger partial charge in [0.05, 0.1) is 6.54 Å². The van der Waals surface area contributed by atoms with Gasteiger partial charge in [-0.2, -0.15) is 0 Å². The van der Waals surface area contributed by atoms with E-state index in [0.29, 0.717) is 12.3 Å². The summed E-state index contributed by atoms with van der Waals surface area (Å²) in [4.78, 5) is 22.7. The number of carbonyl (C=O) groups is 2. The molecule has 0 aromatic carbocycles. The summed E-state index contributed by atoms with van der Waals surface area (Å²) in [5.41, 5.74) is -0.521. The van der Waals surface area contributed by atoms with Crippen LogP contribution in [0.4, 0.5) is 4.79 Å². The van der Waals surface area contributed by atoms with E-state index in [1.165, 1.54) is 6.07 Å². The number of amides is 1. The lowest BCUT2D eigenvalue weighted by Crippen LogP contribution is -2.47. The van der Waals surface area contributed by atoms with Gasteiger partial charge in [0.25, 0.3) is 0 Å². The van der Waals surface area contributed by atoms with Crippen LogP contribution < -0.4 is 10.6 Å². The molecule has 128 valence electrons. The average Bonchev–Trinajstić information content (AvgIpc) is 3.02. The smallest absolute Gasteiger partial charge is 0.407 e. The Bertz CT molecular complexity index is 561. The summed E-state index contributed by atoms with van der Waals surface area (Å²) < 4.78 is 10.5. The van der Waals surface area contributed by atoms with Crippen molar-refractivity contribution in [1.82, 2.24) is 10.6 Å². The van der Waals surface area contributed by atoms with Crippen LogP contribution in [0.25, 0.3) is 0 Å². The van der Waals surface area contributed by atoms with Crippen molar-refractivity contribution < 1.29 is 23.8 Å². The van der Waals surface area contributed by atoms with Crippen LogP contribution in [-0.2, 0) is 11.3 Å². The highest BCUT2D eigenvalue weighted by atomic mass is 16.6. The Labute approximate surface area is 135 Å². The van der Waals surface area contributed by atoms with Crippen molar-refractivity contribution in [3.63, 3.8) is 0 Å². The maximum atomic E-state index is 11.9. The summed E-state index contributed by atoms with van der Waals surface area (Å²) in [6, 6.07) is 3.19. The van der Waals surface area contributed by atoms with Gasteiger partial charge in [-0.15, -0.1) is 0 Å². The summed E-state index contributed by atoms with van der Waals surface area (Å²) >= 11 is 0. The van der Waals surface area contributed by atoms with E-state index in [9.17, 15) is 9.59 Å². The van der Waals surface area contributed by atoms with E-state index in [4.69, 9.17) is 14.3 Å². The SMILES string of the molecule is CC(C)(C)OC(=O)NC1CCCC1NCc1ccc(C(=O)O)o1. The molecule has 7 nitrogen and oxygen atoms in total. The number of hydrogen-bond acceptors (Lipinski definition) is 5.